The van der Waals surface area contributed by atoms with Crippen molar-refractivity contribution in [3.63, 3.8) is 0 Å². The predicted octanol–water partition coefficient (Wildman–Crippen LogP) is 6.72. The first-order valence-electron chi connectivity index (χ1n) is 25.1. The van der Waals surface area contributed by atoms with Crippen LogP contribution in [0.5, 0.6) is 0 Å². The van der Waals surface area contributed by atoms with Gasteiger partial charge in [-0.15, -0.1) is 0 Å². The second kappa shape index (κ2) is 47.4. The molecular weight excluding hydrogens is 939 g/mol. The van der Waals surface area contributed by atoms with E-state index in [1.54, 1.807) is 0 Å². The minimum atomic E-state index is -0.969. The first-order chi connectivity index (χ1) is 35.1. The highest BCUT2D eigenvalue weighted by Crippen LogP contribution is 2.27. The lowest BCUT2D eigenvalue weighted by Gasteiger charge is -2.34. The van der Waals surface area contributed by atoms with Gasteiger partial charge in [0.25, 0.3) is 0 Å². The Morgan fingerprint density at radius 1 is 0.329 bits per heavy atom. The van der Waals surface area contributed by atoms with Gasteiger partial charge in [0.2, 0.25) is 17.7 Å². The number of amides is 3. The molecule has 0 heterocycles. The molecule has 0 aliphatic heterocycles. The third-order valence-electron chi connectivity index (χ3n) is 10.7. The van der Waals surface area contributed by atoms with Crippen LogP contribution in [0.15, 0.2) is 101 Å². The number of unbranched alkanes of at least 4 members (excludes halogenated alkanes) is 4. The highest BCUT2D eigenvalue weighted by Gasteiger charge is 2.34. The van der Waals surface area contributed by atoms with E-state index in [9.17, 15) is 38.4 Å². The van der Waals surface area contributed by atoms with E-state index in [-0.39, 0.29) is 67.0 Å². The summed E-state index contributed by atoms with van der Waals surface area (Å²) in [4.78, 5) is 92.2. The average Bonchev–Trinajstić information content (AvgIpc) is 3.40. The van der Waals surface area contributed by atoms with Crippen molar-refractivity contribution in [2.24, 2.45) is 5.41 Å². The highest BCUT2D eigenvalue weighted by molar-refractivity contribution is 5.91. The summed E-state index contributed by atoms with van der Waals surface area (Å²) in [5, 5.41) is 8.27. The van der Waals surface area contributed by atoms with Gasteiger partial charge in [0, 0.05) is 90.2 Å². The molecule has 0 unspecified atom stereocenters. The van der Waals surface area contributed by atoms with Gasteiger partial charge >= 0.3 is 0 Å². The minimum Gasteiger partial charge on any atom is -0.381 e. The van der Waals surface area contributed by atoms with Crippen molar-refractivity contribution in [2.45, 2.75) is 108 Å². The Morgan fingerprint density at radius 2 is 0.603 bits per heavy atom. The first kappa shape index (κ1) is 69.5. The quantitative estimate of drug-likeness (QED) is 0.0425. The Hall–Kier alpha value is -5.56. The topological polar surface area (TPSA) is 228 Å². The van der Waals surface area contributed by atoms with Gasteiger partial charge in [-0.05, 0) is 119 Å². The van der Waals surface area contributed by atoms with Crippen LogP contribution in [0.4, 0.5) is 0 Å². The van der Waals surface area contributed by atoms with Crippen molar-refractivity contribution < 1.29 is 66.8 Å². The number of nitrogens with one attached hydrogen (secondary N) is 3. The van der Waals surface area contributed by atoms with E-state index >= 15 is 0 Å². The van der Waals surface area contributed by atoms with E-state index < -0.39 is 16.9 Å². The summed E-state index contributed by atoms with van der Waals surface area (Å²) in [6.07, 6.45) is 19.4. The van der Waals surface area contributed by atoms with E-state index in [4.69, 9.17) is 28.4 Å². The molecule has 0 saturated carbocycles. The molecule has 17 heteroatoms. The number of hydrogen-bond donors (Lipinski definition) is 3. The van der Waals surface area contributed by atoms with E-state index in [0.29, 0.717) is 156 Å². The lowest BCUT2D eigenvalue weighted by molar-refractivity contribution is -0.123. The van der Waals surface area contributed by atoms with Crippen molar-refractivity contribution in [3.05, 3.63) is 101 Å². The average molecular weight is 1030 g/mol. The molecule has 0 aromatic rings. The normalized spacial score (nSPS) is 10.8. The molecule has 0 fully saturated rings. The summed E-state index contributed by atoms with van der Waals surface area (Å²) in [5.41, 5.74) is -1.53. The van der Waals surface area contributed by atoms with E-state index in [1.165, 1.54) is 48.6 Å². The molecule has 73 heavy (non-hydrogen) atoms. The summed E-state index contributed by atoms with van der Waals surface area (Å²) in [6, 6.07) is 0. The monoisotopic (exact) mass is 1030 g/mol. The maximum Gasteiger partial charge on any atom is 0.244 e. The number of carbonyl (C=O) groups excluding carboxylic acids is 8. The number of rotatable bonds is 52. The van der Waals surface area contributed by atoms with Gasteiger partial charge in [-0.25, -0.2) is 0 Å². The molecule has 0 rings (SSSR count). The molecular formula is C56H87N3O14. The Labute approximate surface area is 435 Å². The second-order valence-corrected chi connectivity index (χ2v) is 17.2. The van der Waals surface area contributed by atoms with Gasteiger partial charge in [0.15, 0.2) is 28.9 Å². The molecule has 0 spiro atoms. The third-order valence-corrected chi connectivity index (χ3v) is 10.7. The van der Waals surface area contributed by atoms with Gasteiger partial charge in [0.05, 0.1) is 39.6 Å². The standard InChI is InChI=1S/C29H45NO7.C27H42N2O7/c1-5-25(31)14-9-11-19-35-22-29(17-16-27(33)7-3,23-36-20-12-10-15-26(32)6-2)24-37-21-13-18-30-28(34)8-4;1-5-23(30)14-9-11-17-34-20-27(29-26(33)8-4,21-35-18-12-10-15-24(31)6-2)22-36-19-13-16-28-25(32)7-3/h5-8H,1-4,9-24H2,(H,30,34);5-8H,1-4,9-22H2,(H,28,32)(H,29,33). The molecule has 17 nitrogen and oxygen atoms in total. The van der Waals surface area contributed by atoms with Crippen LogP contribution < -0.4 is 16.0 Å². The number of ketones is 5. The Balaban J connectivity index is 0. The van der Waals surface area contributed by atoms with Gasteiger partial charge in [-0.3, -0.25) is 38.4 Å². The van der Waals surface area contributed by atoms with Crippen LogP contribution in [0.3, 0.4) is 0 Å². The van der Waals surface area contributed by atoms with Gasteiger partial charge in [-0.1, -0.05) is 52.6 Å². The third kappa shape index (κ3) is 41.6. The fourth-order valence-electron chi connectivity index (χ4n) is 6.38. The summed E-state index contributed by atoms with van der Waals surface area (Å²) in [7, 11) is 0. The molecule has 0 aliphatic rings. The van der Waals surface area contributed by atoms with Crippen LogP contribution in [0, 0.1) is 5.41 Å². The molecule has 3 amide bonds. The number of ether oxygens (including phenoxy) is 6. The van der Waals surface area contributed by atoms with E-state index in [2.05, 4.69) is 68.6 Å². The van der Waals surface area contributed by atoms with Crippen molar-refractivity contribution in [2.75, 3.05) is 92.4 Å². The summed E-state index contributed by atoms with van der Waals surface area (Å²) in [6.45, 7) is 32.5. The summed E-state index contributed by atoms with van der Waals surface area (Å²) in [5.74, 6) is -0.944. The van der Waals surface area contributed by atoms with E-state index in [0.717, 1.165) is 12.8 Å². The van der Waals surface area contributed by atoms with E-state index in [1.807, 2.05) is 0 Å². The molecule has 0 aromatic heterocycles. The maximum absolute atomic E-state index is 12.2. The zero-order valence-corrected chi connectivity index (χ0v) is 43.7. The van der Waals surface area contributed by atoms with Crippen LogP contribution in [-0.2, 0) is 66.8 Å². The molecule has 0 aliphatic carbocycles. The fourth-order valence-corrected chi connectivity index (χ4v) is 6.38. The number of hydrogen-bond acceptors (Lipinski definition) is 14. The highest BCUT2D eigenvalue weighted by atomic mass is 16.5. The molecule has 0 bridgehead atoms. The summed E-state index contributed by atoms with van der Waals surface area (Å²) < 4.78 is 35.4. The van der Waals surface area contributed by atoms with Crippen molar-refractivity contribution >= 4 is 46.6 Å². The molecule has 3 N–H and O–H groups in total. The van der Waals surface area contributed by atoms with Gasteiger partial charge < -0.3 is 44.4 Å². The van der Waals surface area contributed by atoms with Crippen molar-refractivity contribution in [1.82, 2.24) is 16.0 Å². The van der Waals surface area contributed by atoms with Crippen LogP contribution in [-0.4, -0.2) is 145 Å². The van der Waals surface area contributed by atoms with Crippen LogP contribution in [0.2, 0.25) is 0 Å². The molecule has 0 atom stereocenters. The van der Waals surface area contributed by atoms with Gasteiger partial charge in [-0.2, -0.15) is 0 Å². The molecule has 0 saturated heterocycles. The van der Waals surface area contributed by atoms with Crippen LogP contribution in [0.25, 0.3) is 0 Å². The first-order valence-corrected chi connectivity index (χ1v) is 25.1. The van der Waals surface area contributed by atoms with Crippen LogP contribution >= 0.6 is 0 Å². The second-order valence-electron chi connectivity index (χ2n) is 17.2. The number of allylic oxidation sites excluding steroid dienone is 5. The largest absolute Gasteiger partial charge is 0.381 e. The van der Waals surface area contributed by atoms with Crippen molar-refractivity contribution in [3.8, 4) is 0 Å². The Kier molecular flexibility index (Phi) is 45.2. The smallest absolute Gasteiger partial charge is 0.244 e. The fraction of sp³-hybridized carbons (Fsp3) is 0.571. The molecule has 0 radical (unpaired) electrons. The van der Waals surface area contributed by atoms with Crippen molar-refractivity contribution in [1.29, 1.82) is 0 Å². The lowest BCUT2D eigenvalue weighted by Crippen LogP contribution is -2.58. The maximum atomic E-state index is 12.2. The molecule has 410 valence electrons. The summed E-state index contributed by atoms with van der Waals surface area (Å²) >= 11 is 0. The predicted molar refractivity (Wildman–Crippen MR) is 285 cm³/mol. The van der Waals surface area contributed by atoms with Crippen LogP contribution in [0.1, 0.15) is 103 Å². The Morgan fingerprint density at radius 3 is 0.890 bits per heavy atom. The Bertz CT molecular complexity index is 1570. The molecule has 0 aromatic carbocycles. The zero-order valence-electron chi connectivity index (χ0n) is 43.7. The zero-order chi connectivity index (χ0) is 54.9. The number of carbonyl (C=O) groups is 8. The SMILES string of the molecule is C=CC(=O)CCCCOCC(CCC(=O)C=C)(COCCCCC(=O)C=C)COCCCNC(=O)C=C.C=CC(=O)CCCCOCC(COCCCCC(=O)C=C)(COCCCNC(=O)C=C)NC(=O)C=C. The van der Waals surface area contributed by atoms with Gasteiger partial charge in [0.1, 0.15) is 5.54 Å². The minimum absolute atomic E-state index is 0.0107. The lowest BCUT2D eigenvalue weighted by atomic mass is 9.84.